The van der Waals surface area contributed by atoms with E-state index in [-0.39, 0.29) is 103 Å². The van der Waals surface area contributed by atoms with Gasteiger partial charge in [-0.25, -0.2) is 0 Å². The number of aliphatic hydroxyl groups excluding tert-OH is 4. The zero-order chi connectivity index (χ0) is 17.4. The van der Waals surface area contributed by atoms with Crippen molar-refractivity contribution in [2.24, 2.45) is 0 Å². The van der Waals surface area contributed by atoms with Gasteiger partial charge in [-0.05, 0) is 0 Å². The van der Waals surface area contributed by atoms with E-state index in [4.69, 9.17) is 20.4 Å². The molecule has 0 aromatic heterocycles. The Labute approximate surface area is 164 Å². The molecule has 0 atom stereocenters. The SMILES string of the molecule is O=C([O-])CN(CCO)CCO.O=C([O-])CN(CCO)CCO.[Ca+2]. The topological polar surface area (TPSA) is 168 Å². The number of hydrogen-bond donors (Lipinski definition) is 4. The molecule has 132 valence electrons. The van der Waals surface area contributed by atoms with Crippen LogP contribution in [0.25, 0.3) is 0 Å². The zero-order valence-corrected chi connectivity index (χ0v) is 15.3. The van der Waals surface area contributed by atoms with E-state index in [1.807, 2.05) is 0 Å². The number of carboxylic acid groups (broad SMARTS) is 2. The van der Waals surface area contributed by atoms with Crippen molar-refractivity contribution in [1.82, 2.24) is 9.80 Å². The quantitative estimate of drug-likeness (QED) is 0.244. The van der Waals surface area contributed by atoms with E-state index in [1.54, 1.807) is 0 Å². The average molecular weight is 364 g/mol. The second kappa shape index (κ2) is 20.0. The number of carbonyl (C=O) groups excluding carboxylic acids is 2. The second-order valence-corrected chi connectivity index (χ2v) is 4.19. The molecule has 0 aromatic carbocycles. The van der Waals surface area contributed by atoms with Crippen molar-refractivity contribution < 1.29 is 40.2 Å². The van der Waals surface area contributed by atoms with Gasteiger partial charge in [-0.15, -0.1) is 0 Å². The smallest absolute Gasteiger partial charge is 0.549 e. The molecule has 0 rings (SSSR count). The summed E-state index contributed by atoms with van der Waals surface area (Å²) in [4.78, 5) is 22.9. The summed E-state index contributed by atoms with van der Waals surface area (Å²) >= 11 is 0. The number of carboxylic acids is 2. The molecule has 10 nitrogen and oxygen atoms in total. The predicted octanol–water partition coefficient (Wildman–Crippen LogP) is -6.33. The third kappa shape index (κ3) is 22.0. The molecule has 11 heteroatoms. The minimum Gasteiger partial charge on any atom is -0.549 e. The van der Waals surface area contributed by atoms with Gasteiger partial charge in [-0.1, -0.05) is 0 Å². The van der Waals surface area contributed by atoms with Crippen LogP contribution in [0.1, 0.15) is 0 Å². The summed E-state index contributed by atoms with van der Waals surface area (Å²) in [5.74, 6) is -2.40. The number of aliphatic hydroxyl groups is 4. The van der Waals surface area contributed by atoms with Crippen molar-refractivity contribution >= 4 is 49.7 Å². The van der Waals surface area contributed by atoms with Crippen molar-refractivity contribution in [3.05, 3.63) is 0 Å². The van der Waals surface area contributed by atoms with Gasteiger partial charge in [0.05, 0.1) is 38.4 Å². The maximum absolute atomic E-state index is 10.0. The molecule has 0 fully saturated rings. The van der Waals surface area contributed by atoms with Gasteiger partial charge in [-0.3, -0.25) is 9.80 Å². The molecule has 0 aromatic rings. The van der Waals surface area contributed by atoms with Gasteiger partial charge < -0.3 is 40.2 Å². The number of carbonyl (C=O) groups is 2. The molecule has 0 saturated carbocycles. The fourth-order valence-corrected chi connectivity index (χ4v) is 1.47. The second-order valence-electron chi connectivity index (χ2n) is 4.19. The molecule has 23 heavy (non-hydrogen) atoms. The van der Waals surface area contributed by atoms with Crippen LogP contribution in [-0.2, 0) is 9.59 Å². The minimum atomic E-state index is -1.20. The molecule has 0 heterocycles. The Hall–Kier alpha value is -0.0403. The van der Waals surface area contributed by atoms with Crippen LogP contribution in [-0.4, -0.2) is 146 Å². The van der Waals surface area contributed by atoms with Gasteiger partial charge in [0.25, 0.3) is 0 Å². The number of hydrogen-bond acceptors (Lipinski definition) is 10. The number of nitrogens with zero attached hydrogens (tertiary/aromatic N) is 2. The maximum Gasteiger partial charge on any atom is 2.00 e. The Morgan fingerprint density at radius 2 is 0.870 bits per heavy atom. The Balaban J connectivity index is -0.000000333. The van der Waals surface area contributed by atoms with Gasteiger partial charge in [0, 0.05) is 39.3 Å². The van der Waals surface area contributed by atoms with Crippen molar-refractivity contribution in [3.8, 4) is 0 Å². The van der Waals surface area contributed by atoms with Gasteiger partial charge in [0.2, 0.25) is 0 Å². The third-order valence-corrected chi connectivity index (χ3v) is 2.37. The van der Waals surface area contributed by atoms with Crippen LogP contribution in [0.15, 0.2) is 0 Å². The summed E-state index contributed by atoms with van der Waals surface area (Å²) in [5, 5.41) is 53.8. The van der Waals surface area contributed by atoms with Crippen LogP contribution in [0.2, 0.25) is 0 Å². The van der Waals surface area contributed by atoms with Crippen LogP contribution in [0.4, 0.5) is 0 Å². The van der Waals surface area contributed by atoms with Crippen LogP contribution < -0.4 is 10.2 Å². The molecule has 0 bridgehead atoms. The van der Waals surface area contributed by atoms with Crippen molar-refractivity contribution in [3.63, 3.8) is 0 Å². The van der Waals surface area contributed by atoms with Gasteiger partial charge in [0.1, 0.15) is 0 Å². The summed E-state index contributed by atoms with van der Waals surface area (Å²) in [5.41, 5.74) is 0. The van der Waals surface area contributed by atoms with Gasteiger partial charge in [-0.2, -0.15) is 0 Å². The maximum atomic E-state index is 10.0. The van der Waals surface area contributed by atoms with Crippen LogP contribution in [0.3, 0.4) is 0 Å². The first-order valence-corrected chi connectivity index (χ1v) is 6.69. The molecule has 0 aliphatic rings. The van der Waals surface area contributed by atoms with E-state index in [0.29, 0.717) is 0 Å². The van der Waals surface area contributed by atoms with E-state index in [0.717, 1.165) is 0 Å². The molecule has 0 unspecified atom stereocenters. The Kier molecular flexibility index (Phi) is 24.2. The largest absolute Gasteiger partial charge is 2.00 e. The first-order chi connectivity index (χ1) is 10.4. The summed E-state index contributed by atoms with van der Waals surface area (Å²) in [6, 6.07) is 0. The Morgan fingerprint density at radius 1 is 0.652 bits per heavy atom. The number of rotatable bonds is 12. The van der Waals surface area contributed by atoms with Gasteiger partial charge >= 0.3 is 37.7 Å². The average Bonchev–Trinajstić information content (AvgIpc) is 2.39. The molecule has 4 N–H and O–H groups in total. The van der Waals surface area contributed by atoms with Crippen LogP contribution in [0.5, 0.6) is 0 Å². The first kappa shape index (κ1) is 27.8. The van der Waals surface area contributed by atoms with Gasteiger partial charge in [0.15, 0.2) is 0 Å². The van der Waals surface area contributed by atoms with E-state index in [1.165, 1.54) is 9.80 Å². The molecule has 0 radical (unpaired) electrons. The zero-order valence-electron chi connectivity index (χ0n) is 13.1. The monoisotopic (exact) mass is 364 g/mol. The standard InChI is InChI=1S/2C6H13NO4.Ca/c2*8-3-1-7(2-4-9)5-6(10)11;/h2*8-9H,1-5H2,(H,10,11);/q;;+2/p-2. The molecule has 0 amide bonds. The molecule has 0 aliphatic carbocycles. The fraction of sp³-hybridized carbons (Fsp3) is 0.833. The first-order valence-electron chi connectivity index (χ1n) is 6.69. The normalized spacial score (nSPS) is 10.0. The molecule has 0 aliphatic heterocycles. The summed E-state index contributed by atoms with van der Waals surface area (Å²) < 4.78 is 0. The summed E-state index contributed by atoms with van der Waals surface area (Å²) in [7, 11) is 0. The predicted molar refractivity (Wildman–Crippen MR) is 77.0 cm³/mol. The van der Waals surface area contributed by atoms with E-state index in [2.05, 4.69) is 0 Å². The molecular weight excluding hydrogens is 340 g/mol. The van der Waals surface area contributed by atoms with E-state index >= 15 is 0 Å². The minimum absolute atomic E-state index is 0. The van der Waals surface area contributed by atoms with Crippen molar-refractivity contribution in [2.75, 3.05) is 65.7 Å². The summed E-state index contributed by atoms with van der Waals surface area (Å²) in [6.07, 6.45) is 0. The molecular formula is C12H24CaN2O8. The third-order valence-electron chi connectivity index (χ3n) is 2.37. The summed E-state index contributed by atoms with van der Waals surface area (Å²) in [6.45, 7) is 0.00944. The van der Waals surface area contributed by atoms with E-state index in [9.17, 15) is 19.8 Å². The number of aliphatic carboxylic acids is 2. The van der Waals surface area contributed by atoms with Crippen molar-refractivity contribution in [1.29, 1.82) is 0 Å². The molecule has 0 saturated heterocycles. The fourth-order valence-electron chi connectivity index (χ4n) is 1.47. The Morgan fingerprint density at radius 3 is 1.00 bits per heavy atom. The van der Waals surface area contributed by atoms with Crippen LogP contribution in [0, 0.1) is 0 Å². The van der Waals surface area contributed by atoms with E-state index < -0.39 is 11.9 Å². The molecule has 0 spiro atoms. The van der Waals surface area contributed by atoms with Crippen molar-refractivity contribution in [2.45, 2.75) is 0 Å². The Bertz CT molecular complexity index is 256. The van der Waals surface area contributed by atoms with Crippen LogP contribution >= 0.6 is 0 Å².